The second-order valence-corrected chi connectivity index (χ2v) is 5.70. The molecule has 0 unspecified atom stereocenters. The van der Waals surface area contributed by atoms with Crippen molar-refractivity contribution in [3.05, 3.63) is 0 Å². The van der Waals surface area contributed by atoms with Crippen molar-refractivity contribution < 1.29 is 0 Å². The van der Waals surface area contributed by atoms with E-state index in [0.29, 0.717) is 5.41 Å². The molecule has 1 heteroatoms. The van der Waals surface area contributed by atoms with Crippen LogP contribution in [0.25, 0.3) is 0 Å². The summed E-state index contributed by atoms with van der Waals surface area (Å²) >= 11 is 0. The molecule has 0 atom stereocenters. The predicted octanol–water partition coefficient (Wildman–Crippen LogP) is 3.19. The zero-order valence-corrected chi connectivity index (χ0v) is 9.47. The van der Waals surface area contributed by atoms with E-state index in [1.165, 1.54) is 32.1 Å². The largest absolute Gasteiger partial charge is 0.330 e. The number of hydrogen-bond acceptors (Lipinski definition) is 1. The minimum atomic E-state index is 0.366. The Balaban J connectivity index is 2.30. The van der Waals surface area contributed by atoms with E-state index in [0.717, 1.165) is 18.4 Å². The highest BCUT2D eigenvalue weighted by molar-refractivity contribution is 4.78. The van der Waals surface area contributed by atoms with Gasteiger partial charge in [-0.15, -0.1) is 0 Å². The maximum absolute atomic E-state index is 5.75. The fourth-order valence-corrected chi connectivity index (χ4v) is 2.40. The van der Waals surface area contributed by atoms with Crippen molar-refractivity contribution in [2.24, 2.45) is 23.0 Å². The fraction of sp³-hybridized carbons (Fsp3) is 1.00. The van der Waals surface area contributed by atoms with Gasteiger partial charge in [-0.25, -0.2) is 0 Å². The van der Waals surface area contributed by atoms with Crippen LogP contribution in [-0.4, -0.2) is 6.54 Å². The molecule has 1 rings (SSSR count). The molecule has 1 saturated carbocycles. The SMILES string of the molecule is CC1CCC(CC(C)(C)CN)CC1. The van der Waals surface area contributed by atoms with Gasteiger partial charge < -0.3 is 5.73 Å². The first-order valence-corrected chi connectivity index (χ1v) is 5.73. The Bertz CT molecular complexity index is 143. The quantitative estimate of drug-likeness (QED) is 0.714. The van der Waals surface area contributed by atoms with E-state index in [2.05, 4.69) is 20.8 Å². The van der Waals surface area contributed by atoms with Crippen LogP contribution in [0.2, 0.25) is 0 Å². The molecule has 0 amide bonds. The summed E-state index contributed by atoms with van der Waals surface area (Å²) in [6.07, 6.45) is 7.07. The summed E-state index contributed by atoms with van der Waals surface area (Å²) in [6.45, 7) is 7.80. The lowest BCUT2D eigenvalue weighted by Gasteiger charge is -2.32. The van der Waals surface area contributed by atoms with E-state index in [1.54, 1.807) is 0 Å². The van der Waals surface area contributed by atoms with E-state index in [9.17, 15) is 0 Å². The molecule has 13 heavy (non-hydrogen) atoms. The lowest BCUT2D eigenvalue weighted by molar-refractivity contribution is 0.203. The summed E-state index contributed by atoms with van der Waals surface area (Å²) in [5.74, 6) is 1.92. The summed E-state index contributed by atoms with van der Waals surface area (Å²) in [5, 5.41) is 0. The van der Waals surface area contributed by atoms with Crippen molar-refractivity contribution in [2.45, 2.75) is 52.9 Å². The average molecular weight is 183 g/mol. The summed E-state index contributed by atoms with van der Waals surface area (Å²) in [7, 11) is 0. The third kappa shape index (κ3) is 3.68. The maximum atomic E-state index is 5.75. The van der Waals surface area contributed by atoms with Crippen LogP contribution in [0, 0.1) is 17.3 Å². The smallest absolute Gasteiger partial charge is 0.00257 e. The van der Waals surface area contributed by atoms with E-state index in [-0.39, 0.29) is 0 Å². The summed E-state index contributed by atoms with van der Waals surface area (Å²) in [4.78, 5) is 0. The van der Waals surface area contributed by atoms with Crippen LogP contribution in [0.15, 0.2) is 0 Å². The summed E-state index contributed by atoms with van der Waals surface area (Å²) < 4.78 is 0. The Morgan fingerprint density at radius 2 is 1.69 bits per heavy atom. The molecule has 0 radical (unpaired) electrons. The number of hydrogen-bond donors (Lipinski definition) is 1. The molecule has 0 aromatic heterocycles. The van der Waals surface area contributed by atoms with Crippen LogP contribution in [0.3, 0.4) is 0 Å². The Morgan fingerprint density at radius 3 is 2.15 bits per heavy atom. The zero-order valence-electron chi connectivity index (χ0n) is 9.47. The molecule has 78 valence electrons. The van der Waals surface area contributed by atoms with Crippen molar-refractivity contribution in [3.8, 4) is 0 Å². The van der Waals surface area contributed by atoms with Gasteiger partial charge in [0.2, 0.25) is 0 Å². The van der Waals surface area contributed by atoms with E-state index >= 15 is 0 Å². The fourth-order valence-electron chi connectivity index (χ4n) is 2.40. The minimum Gasteiger partial charge on any atom is -0.330 e. The molecular formula is C12H25N. The van der Waals surface area contributed by atoms with Crippen molar-refractivity contribution in [2.75, 3.05) is 6.54 Å². The lowest BCUT2D eigenvalue weighted by Crippen LogP contribution is -2.28. The highest BCUT2D eigenvalue weighted by Crippen LogP contribution is 2.35. The molecule has 1 nitrogen and oxygen atoms in total. The maximum Gasteiger partial charge on any atom is -0.00257 e. The van der Waals surface area contributed by atoms with Gasteiger partial charge in [0.15, 0.2) is 0 Å². The first kappa shape index (κ1) is 11.0. The topological polar surface area (TPSA) is 26.0 Å². The normalized spacial score (nSPS) is 30.5. The molecule has 0 heterocycles. The van der Waals surface area contributed by atoms with Crippen molar-refractivity contribution >= 4 is 0 Å². The highest BCUT2D eigenvalue weighted by Gasteiger charge is 2.25. The molecule has 0 saturated heterocycles. The van der Waals surface area contributed by atoms with Crippen LogP contribution in [0.1, 0.15) is 52.9 Å². The second kappa shape index (κ2) is 4.45. The van der Waals surface area contributed by atoms with E-state index < -0.39 is 0 Å². The van der Waals surface area contributed by atoms with Crippen LogP contribution in [0.4, 0.5) is 0 Å². The van der Waals surface area contributed by atoms with Gasteiger partial charge in [-0.1, -0.05) is 46.5 Å². The molecule has 0 bridgehead atoms. The number of rotatable bonds is 3. The van der Waals surface area contributed by atoms with E-state index in [4.69, 9.17) is 5.73 Å². The first-order chi connectivity index (χ1) is 6.03. The molecule has 1 fully saturated rings. The summed E-state index contributed by atoms with van der Waals surface area (Å²) in [5.41, 5.74) is 6.12. The van der Waals surface area contributed by atoms with Gasteiger partial charge in [0.1, 0.15) is 0 Å². The first-order valence-electron chi connectivity index (χ1n) is 5.73. The highest BCUT2D eigenvalue weighted by atomic mass is 14.6. The Kier molecular flexibility index (Phi) is 3.78. The average Bonchev–Trinajstić information content (AvgIpc) is 2.09. The predicted molar refractivity (Wildman–Crippen MR) is 58.6 cm³/mol. The molecule has 1 aliphatic carbocycles. The monoisotopic (exact) mass is 183 g/mol. The summed E-state index contributed by atoms with van der Waals surface area (Å²) in [6, 6.07) is 0. The van der Waals surface area contributed by atoms with Gasteiger partial charge in [0.05, 0.1) is 0 Å². The van der Waals surface area contributed by atoms with Crippen LogP contribution in [-0.2, 0) is 0 Å². The standard InChI is InChI=1S/C12H25N/c1-10-4-6-11(7-5-10)8-12(2,3)9-13/h10-11H,4-9,13H2,1-3H3. The second-order valence-electron chi connectivity index (χ2n) is 5.70. The van der Waals surface area contributed by atoms with Crippen LogP contribution < -0.4 is 5.73 Å². The number of nitrogens with two attached hydrogens (primary N) is 1. The van der Waals surface area contributed by atoms with Crippen LogP contribution >= 0.6 is 0 Å². The van der Waals surface area contributed by atoms with Gasteiger partial charge in [0.25, 0.3) is 0 Å². The molecular weight excluding hydrogens is 158 g/mol. The van der Waals surface area contributed by atoms with Crippen molar-refractivity contribution in [1.29, 1.82) is 0 Å². The zero-order chi connectivity index (χ0) is 9.90. The third-order valence-corrected chi connectivity index (χ3v) is 3.53. The van der Waals surface area contributed by atoms with Gasteiger partial charge in [-0.3, -0.25) is 0 Å². The van der Waals surface area contributed by atoms with Gasteiger partial charge in [-0.05, 0) is 30.2 Å². The van der Waals surface area contributed by atoms with Crippen molar-refractivity contribution in [3.63, 3.8) is 0 Å². The molecule has 0 aliphatic heterocycles. The van der Waals surface area contributed by atoms with Crippen molar-refractivity contribution in [1.82, 2.24) is 0 Å². The molecule has 0 spiro atoms. The van der Waals surface area contributed by atoms with E-state index in [1.807, 2.05) is 0 Å². The van der Waals surface area contributed by atoms with Gasteiger partial charge in [0, 0.05) is 0 Å². The van der Waals surface area contributed by atoms with Gasteiger partial charge in [-0.2, -0.15) is 0 Å². The Hall–Kier alpha value is -0.0400. The molecule has 2 N–H and O–H groups in total. The molecule has 0 aromatic carbocycles. The molecule has 0 aromatic rings. The van der Waals surface area contributed by atoms with Gasteiger partial charge >= 0.3 is 0 Å². The lowest BCUT2D eigenvalue weighted by atomic mass is 9.74. The molecule has 1 aliphatic rings. The Morgan fingerprint density at radius 1 is 1.15 bits per heavy atom. The van der Waals surface area contributed by atoms with Crippen LogP contribution in [0.5, 0.6) is 0 Å². The Labute approximate surface area is 83.1 Å². The third-order valence-electron chi connectivity index (χ3n) is 3.53. The minimum absolute atomic E-state index is 0.366.